The number of benzene rings is 2. The maximum atomic E-state index is 12.2. The van der Waals surface area contributed by atoms with Gasteiger partial charge in [-0.3, -0.25) is 9.59 Å². The van der Waals surface area contributed by atoms with Crippen LogP contribution in [0.3, 0.4) is 0 Å². The quantitative estimate of drug-likeness (QED) is 0.518. The van der Waals surface area contributed by atoms with Crippen molar-refractivity contribution in [2.75, 3.05) is 24.9 Å². The van der Waals surface area contributed by atoms with E-state index in [0.717, 1.165) is 22.6 Å². The maximum Gasteiger partial charge on any atom is 0.249 e. The van der Waals surface area contributed by atoms with Gasteiger partial charge in [-0.25, -0.2) is 4.98 Å². The van der Waals surface area contributed by atoms with Crippen molar-refractivity contribution in [3.8, 4) is 11.5 Å². The molecule has 1 heterocycles. The van der Waals surface area contributed by atoms with Crippen molar-refractivity contribution in [3.05, 3.63) is 90.0 Å². The van der Waals surface area contributed by atoms with E-state index < -0.39 is 0 Å². The lowest BCUT2D eigenvalue weighted by atomic mass is 10.2. The summed E-state index contributed by atoms with van der Waals surface area (Å²) in [6.45, 7) is 0. The summed E-state index contributed by atoms with van der Waals surface area (Å²) in [5.41, 5.74) is 1.72. The molecule has 0 bridgehead atoms. The van der Waals surface area contributed by atoms with Crippen LogP contribution in [-0.2, 0) is 9.59 Å². The number of nitrogens with one attached hydrogen (secondary N) is 2. The van der Waals surface area contributed by atoms with Crippen LogP contribution in [0.5, 0.6) is 11.5 Å². The normalized spacial score (nSPS) is 10.8. The van der Waals surface area contributed by atoms with E-state index in [1.807, 2.05) is 48.5 Å². The van der Waals surface area contributed by atoms with Crippen LogP contribution in [0, 0.1) is 0 Å². The molecule has 7 heteroatoms. The largest absolute Gasteiger partial charge is 0.497 e. The van der Waals surface area contributed by atoms with E-state index in [4.69, 9.17) is 9.47 Å². The number of hydrogen-bond acceptors (Lipinski definition) is 5. The molecule has 162 valence electrons. The van der Waals surface area contributed by atoms with Crippen LogP contribution in [0.1, 0.15) is 11.1 Å². The number of carbonyl (C=O) groups excluding carboxylic acids is 2. The molecule has 0 unspecified atom stereocenters. The summed E-state index contributed by atoms with van der Waals surface area (Å²) in [7, 11) is 3.19. The molecule has 2 aromatic carbocycles. The number of nitrogens with zero attached hydrogens (tertiary/aromatic N) is 1. The lowest BCUT2D eigenvalue weighted by molar-refractivity contribution is -0.112. The smallest absolute Gasteiger partial charge is 0.249 e. The summed E-state index contributed by atoms with van der Waals surface area (Å²) in [4.78, 5) is 28.6. The SMILES string of the molecule is COc1ccc(/C=C\C(=O)Nc2cccc(NC(=O)/C=C\c3ccc(OC)cc3)n2)cc1. The number of hydrogen-bond donors (Lipinski definition) is 2. The minimum Gasteiger partial charge on any atom is -0.497 e. The number of carbonyl (C=O) groups is 2. The molecule has 0 saturated heterocycles. The number of amides is 2. The standard InChI is InChI=1S/C25H23N3O4/c1-31-20-12-6-18(7-13-20)10-16-24(29)27-22-4-3-5-23(26-22)28-25(30)17-11-19-8-14-21(32-2)15-9-19/h3-17H,1-2H3,(H2,26,27,28,29,30)/b16-10-,17-11-. The van der Waals surface area contributed by atoms with Gasteiger partial charge in [0.25, 0.3) is 0 Å². The fourth-order valence-electron chi connectivity index (χ4n) is 2.68. The first-order valence-corrected chi connectivity index (χ1v) is 9.79. The van der Waals surface area contributed by atoms with E-state index in [0.29, 0.717) is 11.6 Å². The second-order valence-corrected chi connectivity index (χ2v) is 6.60. The third-order valence-corrected chi connectivity index (χ3v) is 4.34. The predicted molar refractivity (Wildman–Crippen MR) is 126 cm³/mol. The fraction of sp³-hybridized carbons (Fsp3) is 0.0800. The van der Waals surface area contributed by atoms with Gasteiger partial charge in [-0.1, -0.05) is 30.3 Å². The van der Waals surface area contributed by atoms with Crippen LogP contribution >= 0.6 is 0 Å². The summed E-state index contributed by atoms with van der Waals surface area (Å²) in [6.07, 6.45) is 6.19. The van der Waals surface area contributed by atoms with Gasteiger partial charge in [-0.15, -0.1) is 0 Å². The molecule has 1 aromatic heterocycles. The Balaban J connectivity index is 1.55. The second kappa shape index (κ2) is 11.1. The third-order valence-electron chi connectivity index (χ3n) is 4.34. The first kappa shape index (κ1) is 22.3. The van der Waals surface area contributed by atoms with Crippen molar-refractivity contribution in [2.45, 2.75) is 0 Å². The second-order valence-electron chi connectivity index (χ2n) is 6.60. The number of aromatic nitrogens is 1. The van der Waals surface area contributed by atoms with Crippen LogP contribution < -0.4 is 20.1 Å². The topological polar surface area (TPSA) is 89.6 Å². The predicted octanol–water partition coefficient (Wildman–Crippen LogP) is 4.40. The minimum atomic E-state index is -0.337. The highest BCUT2D eigenvalue weighted by Crippen LogP contribution is 2.14. The van der Waals surface area contributed by atoms with Crippen LogP contribution in [0.2, 0.25) is 0 Å². The Kier molecular flexibility index (Phi) is 7.75. The van der Waals surface area contributed by atoms with Crippen molar-refractivity contribution in [3.63, 3.8) is 0 Å². The first-order valence-electron chi connectivity index (χ1n) is 9.79. The van der Waals surface area contributed by atoms with Crippen LogP contribution in [-0.4, -0.2) is 31.0 Å². The van der Waals surface area contributed by atoms with Gasteiger partial charge < -0.3 is 20.1 Å². The number of methoxy groups -OCH3 is 2. The molecule has 0 saturated carbocycles. The Morgan fingerprint density at radius 1 is 0.688 bits per heavy atom. The van der Waals surface area contributed by atoms with Gasteiger partial charge in [0.1, 0.15) is 23.1 Å². The monoisotopic (exact) mass is 429 g/mol. The third kappa shape index (κ3) is 6.84. The Morgan fingerprint density at radius 3 is 1.47 bits per heavy atom. The summed E-state index contributed by atoms with van der Waals surface area (Å²) in [5.74, 6) is 1.46. The molecule has 3 aromatic rings. The van der Waals surface area contributed by atoms with E-state index in [9.17, 15) is 9.59 Å². The van der Waals surface area contributed by atoms with Crippen LogP contribution in [0.15, 0.2) is 78.9 Å². The molecule has 0 radical (unpaired) electrons. The van der Waals surface area contributed by atoms with Gasteiger partial charge in [-0.2, -0.15) is 0 Å². The lowest BCUT2D eigenvalue weighted by Crippen LogP contribution is -2.12. The Hall–Kier alpha value is -4.39. The molecule has 0 atom stereocenters. The van der Waals surface area contributed by atoms with Gasteiger partial charge in [-0.05, 0) is 59.7 Å². The van der Waals surface area contributed by atoms with Crippen molar-refractivity contribution in [1.29, 1.82) is 0 Å². The van der Waals surface area contributed by atoms with Crippen molar-refractivity contribution >= 4 is 35.6 Å². The van der Waals surface area contributed by atoms with Crippen LogP contribution in [0.4, 0.5) is 11.6 Å². The van der Waals surface area contributed by atoms with Crippen molar-refractivity contribution in [2.24, 2.45) is 0 Å². The van der Waals surface area contributed by atoms with Gasteiger partial charge in [0.15, 0.2) is 0 Å². The Labute approximate surface area is 186 Å². The van der Waals surface area contributed by atoms with Crippen molar-refractivity contribution in [1.82, 2.24) is 4.98 Å². The number of rotatable bonds is 8. The zero-order valence-electron chi connectivity index (χ0n) is 17.7. The van der Waals surface area contributed by atoms with E-state index in [-0.39, 0.29) is 11.8 Å². The molecule has 2 amide bonds. The highest BCUT2D eigenvalue weighted by molar-refractivity contribution is 6.03. The maximum absolute atomic E-state index is 12.2. The van der Waals surface area contributed by atoms with E-state index >= 15 is 0 Å². The van der Waals surface area contributed by atoms with Crippen LogP contribution in [0.25, 0.3) is 12.2 Å². The Morgan fingerprint density at radius 2 is 1.09 bits per heavy atom. The molecule has 0 aliphatic rings. The Bertz CT molecular complexity index is 1030. The van der Waals surface area contributed by atoms with Crippen molar-refractivity contribution < 1.29 is 19.1 Å². The molecule has 0 spiro atoms. The van der Waals surface area contributed by atoms with E-state index in [1.165, 1.54) is 12.2 Å². The highest BCUT2D eigenvalue weighted by Gasteiger charge is 2.04. The van der Waals surface area contributed by atoms with Gasteiger partial charge >= 0.3 is 0 Å². The van der Waals surface area contributed by atoms with Gasteiger partial charge in [0.05, 0.1) is 14.2 Å². The van der Waals surface area contributed by atoms with E-state index in [1.54, 1.807) is 44.6 Å². The van der Waals surface area contributed by atoms with Gasteiger partial charge in [0.2, 0.25) is 11.8 Å². The fourth-order valence-corrected chi connectivity index (χ4v) is 2.68. The molecule has 0 aliphatic heterocycles. The average molecular weight is 429 g/mol. The van der Waals surface area contributed by atoms with E-state index in [2.05, 4.69) is 15.6 Å². The average Bonchev–Trinajstić information content (AvgIpc) is 2.82. The lowest BCUT2D eigenvalue weighted by Gasteiger charge is -2.05. The minimum absolute atomic E-state index is 0.325. The summed E-state index contributed by atoms with van der Waals surface area (Å²) >= 11 is 0. The first-order chi connectivity index (χ1) is 15.6. The molecule has 32 heavy (non-hydrogen) atoms. The highest BCUT2D eigenvalue weighted by atomic mass is 16.5. The number of anilines is 2. The summed E-state index contributed by atoms with van der Waals surface area (Å²) < 4.78 is 10.2. The molecule has 7 nitrogen and oxygen atoms in total. The molecule has 2 N–H and O–H groups in total. The molecule has 0 aliphatic carbocycles. The number of pyridine rings is 1. The number of ether oxygens (including phenoxy) is 2. The molecule has 0 fully saturated rings. The molecule has 3 rings (SSSR count). The van der Waals surface area contributed by atoms with Gasteiger partial charge in [0, 0.05) is 12.2 Å². The zero-order valence-corrected chi connectivity index (χ0v) is 17.7. The molecular formula is C25H23N3O4. The molecular weight excluding hydrogens is 406 g/mol. The summed E-state index contributed by atoms with van der Waals surface area (Å²) in [6, 6.07) is 19.6. The zero-order chi connectivity index (χ0) is 22.8. The summed E-state index contributed by atoms with van der Waals surface area (Å²) in [5, 5.41) is 5.35.